The third-order valence-electron chi connectivity index (χ3n) is 4.10. The van der Waals surface area contributed by atoms with Gasteiger partial charge in [0.25, 0.3) is 11.8 Å². The van der Waals surface area contributed by atoms with Gasteiger partial charge < -0.3 is 19.1 Å². The molecule has 0 fully saturated rings. The Kier molecular flexibility index (Phi) is 6.69. The predicted octanol–water partition coefficient (Wildman–Crippen LogP) is 2.38. The maximum atomic E-state index is 12.3. The fraction of sp³-hybridized carbons (Fsp3) is 0.286. The Labute approximate surface area is 182 Å². The van der Waals surface area contributed by atoms with Crippen LogP contribution in [0.1, 0.15) is 57.9 Å². The fourth-order valence-electron chi connectivity index (χ4n) is 2.61. The number of aromatic nitrogens is 2. The van der Waals surface area contributed by atoms with Crippen molar-refractivity contribution >= 4 is 17.8 Å². The van der Waals surface area contributed by atoms with Gasteiger partial charge in [0, 0.05) is 30.7 Å². The molecule has 0 aliphatic rings. The SMILES string of the molecule is CC(C)(C)OC(=O)c1ccc(-c2cc(C(=O)NCCc3cc(C(=O)NO)no3)no2)cc1. The lowest BCUT2D eigenvalue weighted by molar-refractivity contribution is 0.00693. The molecule has 168 valence electrons. The molecular formula is C21H22N4O7. The van der Waals surface area contributed by atoms with Crippen LogP contribution in [0.2, 0.25) is 0 Å². The highest BCUT2D eigenvalue weighted by Gasteiger charge is 2.19. The molecule has 0 aliphatic heterocycles. The van der Waals surface area contributed by atoms with Crippen LogP contribution in [0.4, 0.5) is 0 Å². The standard InChI is InChI=1S/C21H22N4O7/c1-21(2,3)30-20(28)13-6-4-12(5-7-13)17-11-16(25-32-17)18(26)22-9-8-14-10-15(24-31-14)19(27)23-29/h4-7,10-11,29H,8-9H2,1-3H3,(H,22,26)(H,23,27). The minimum atomic E-state index is -0.793. The van der Waals surface area contributed by atoms with Crippen LogP contribution >= 0.6 is 0 Å². The van der Waals surface area contributed by atoms with E-state index >= 15 is 0 Å². The molecule has 0 atom stereocenters. The maximum absolute atomic E-state index is 12.3. The largest absolute Gasteiger partial charge is 0.456 e. The number of carbonyl (C=O) groups excluding carboxylic acids is 3. The lowest BCUT2D eigenvalue weighted by Gasteiger charge is -2.19. The van der Waals surface area contributed by atoms with E-state index in [1.165, 1.54) is 17.6 Å². The molecule has 11 heteroatoms. The van der Waals surface area contributed by atoms with E-state index in [2.05, 4.69) is 15.6 Å². The first kappa shape index (κ1) is 22.7. The number of benzene rings is 1. The monoisotopic (exact) mass is 442 g/mol. The fourth-order valence-corrected chi connectivity index (χ4v) is 2.61. The minimum absolute atomic E-state index is 0.0762. The quantitative estimate of drug-likeness (QED) is 0.284. The number of nitrogens with zero attached hydrogens (tertiary/aromatic N) is 2. The van der Waals surface area contributed by atoms with Crippen molar-refractivity contribution in [2.75, 3.05) is 6.54 Å². The van der Waals surface area contributed by atoms with Gasteiger partial charge in [-0.2, -0.15) is 0 Å². The summed E-state index contributed by atoms with van der Waals surface area (Å²) in [5.41, 5.74) is 1.90. The molecule has 0 aliphatic carbocycles. The van der Waals surface area contributed by atoms with Crippen molar-refractivity contribution in [3.8, 4) is 11.3 Å². The zero-order valence-corrected chi connectivity index (χ0v) is 17.7. The van der Waals surface area contributed by atoms with E-state index in [1.54, 1.807) is 45.0 Å². The van der Waals surface area contributed by atoms with Gasteiger partial charge in [-0.05, 0) is 32.9 Å². The predicted molar refractivity (Wildman–Crippen MR) is 109 cm³/mol. The van der Waals surface area contributed by atoms with Gasteiger partial charge in [-0.15, -0.1) is 0 Å². The summed E-state index contributed by atoms with van der Waals surface area (Å²) >= 11 is 0. The molecule has 2 heterocycles. The number of nitrogens with one attached hydrogen (secondary N) is 2. The van der Waals surface area contributed by atoms with Crippen molar-refractivity contribution < 1.29 is 33.4 Å². The number of hydroxylamine groups is 1. The van der Waals surface area contributed by atoms with E-state index < -0.39 is 23.4 Å². The lowest BCUT2D eigenvalue weighted by atomic mass is 10.1. The zero-order valence-electron chi connectivity index (χ0n) is 17.7. The van der Waals surface area contributed by atoms with E-state index in [0.29, 0.717) is 22.6 Å². The Bertz CT molecular complexity index is 1110. The Morgan fingerprint density at radius 3 is 2.31 bits per heavy atom. The van der Waals surface area contributed by atoms with Crippen molar-refractivity contribution in [1.82, 2.24) is 21.1 Å². The first-order valence-corrected chi connectivity index (χ1v) is 9.65. The summed E-state index contributed by atoms with van der Waals surface area (Å²) < 4.78 is 15.5. The van der Waals surface area contributed by atoms with E-state index in [4.69, 9.17) is 19.0 Å². The van der Waals surface area contributed by atoms with Gasteiger partial charge >= 0.3 is 5.97 Å². The van der Waals surface area contributed by atoms with Crippen molar-refractivity contribution in [1.29, 1.82) is 0 Å². The molecule has 32 heavy (non-hydrogen) atoms. The number of rotatable bonds is 7. The Morgan fingerprint density at radius 2 is 1.66 bits per heavy atom. The third-order valence-corrected chi connectivity index (χ3v) is 4.10. The second-order valence-corrected chi connectivity index (χ2v) is 7.78. The Morgan fingerprint density at radius 1 is 1.00 bits per heavy atom. The minimum Gasteiger partial charge on any atom is -0.456 e. The topological polar surface area (TPSA) is 157 Å². The van der Waals surface area contributed by atoms with E-state index in [0.717, 1.165) is 0 Å². The van der Waals surface area contributed by atoms with Gasteiger partial charge in [0.15, 0.2) is 17.1 Å². The Hall–Kier alpha value is -3.99. The molecular weight excluding hydrogens is 420 g/mol. The first-order chi connectivity index (χ1) is 15.2. The van der Waals surface area contributed by atoms with Crippen LogP contribution in [-0.4, -0.2) is 45.5 Å². The smallest absolute Gasteiger partial charge is 0.338 e. The Balaban J connectivity index is 1.55. The number of ether oxygens (including phenoxy) is 1. The normalized spacial score (nSPS) is 11.1. The molecule has 1 aromatic carbocycles. The van der Waals surface area contributed by atoms with E-state index in [1.807, 2.05) is 0 Å². The van der Waals surface area contributed by atoms with Crippen LogP contribution in [0.15, 0.2) is 45.4 Å². The van der Waals surface area contributed by atoms with E-state index in [9.17, 15) is 14.4 Å². The van der Waals surface area contributed by atoms with Crippen LogP contribution in [0, 0.1) is 0 Å². The molecule has 11 nitrogen and oxygen atoms in total. The van der Waals surface area contributed by atoms with Gasteiger partial charge in [-0.25, -0.2) is 10.3 Å². The molecule has 3 rings (SSSR count). The van der Waals surface area contributed by atoms with Gasteiger partial charge in [-0.1, -0.05) is 22.4 Å². The average Bonchev–Trinajstić information content (AvgIpc) is 3.42. The average molecular weight is 442 g/mol. The highest BCUT2D eigenvalue weighted by molar-refractivity contribution is 5.93. The zero-order chi connectivity index (χ0) is 23.3. The molecule has 2 amide bonds. The molecule has 3 aromatic rings. The molecule has 0 saturated carbocycles. The molecule has 0 spiro atoms. The van der Waals surface area contributed by atoms with Gasteiger partial charge in [0.05, 0.1) is 5.56 Å². The van der Waals surface area contributed by atoms with Crippen LogP contribution < -0.4 is 10.8 Å². The van der Waals surface area contributed by atoms with Crippen molar-refractivity contribution in [3.63, 3.8) is 0 Å². The number of amides is 2. The van der Waals surface area contributed by atoms with E-state index in [-0.39, 0.29) is 24.4 Å². The highest BCUT2D eigenvalue weighted by atomic mass is 16.6. The molecule has 0 bridgehead atoms. The van der Waals surface area contributed by atoms with Crippen molar-refractivity contribution in [2.24, 2.45) is 0 Å². The number of hydrogen-bond donors (Lipinski definition) is 3. The van der Waals surface area contributed by atoms with Crippen LogP contribution in [0.5, 0.6) is 0 Å². The van der Waals surface area contributed by atoms with Crippen molar-refractivity contribution in [2.45, 2.75) is 32.8 Å². The summed E-state index contributed by atoms with van der Waals surface area (Å²) in [4.78, 5) is 35.6. The number of esters is 1. The summed E-state index contributed by atoms with van der Waals surface area (Å²) in [5, 5.41) is 18.5. The number of hydrogen-bond acceptors (Lipinski definition) is 9. The van der Waals surface area contributed by atoms with Crippen LogP contribution in [0.25, 0.3) is 11.3 Å². The first-order valence-electron chi connectivity index (χ1n) is 9.65. The van der Waals surface area contributed by atoms with Crippen LogP contribution in [0.3, 0.4) is 0 Å². The highest BCUT2D eigenvalue weighted by Crippen LogP contribution is 2.22. The van der Waals surface area contributed by atoms with Crippen molar-refractivity contribution in [3.05, 3.63) is 59.1 Å². The van der Waals surface area contributed by atoms with Gasteiger partial charge in [0.2, 0.25) is 0 Å². The second kappa shape index (κ2) is 9.43. The summed E-state index contributed by atoms with van der Waals surface area (Å²) in [5.74, 6) is -0.968. The third kappa shape index (κ3) is 5.79. The summed E-state index contributed by atoms with van der Waals surface area (Å²) in [6, 6.07) is 9.39. The summed E-state index contributed by atoms with van der Waals surface area (Å²) in [6.45, 7) is 5.57. The molecule has 3 N–H and O–H groups in total. The molecule has 2 aromatic heterocycles. The molecule has 0 radical (unpaired) electrons. The van der Waals surface area contributed by atoms with Gasteiger partial charge in [-0.3, -0.25) is 14.8 Å². The number of carbonyl (C=O) groups is 3. The lowest BCUT2D eigenvalue weighted by Crippen LogP contribution is -2.25. The second-order valence-electron chi connectivity index (χ2n) is 7.78. The van der Waals surface area contributed by atoms with Gasteiger partial charge in [0.1, 0.15) is 11.4 Å². The summed E-state index contributed by atoms with van der Waals surface area (Å²) in [7, 11) is 0. The molecule has 0 saturated heterocycles. The van der Waals surface area contributed by atoms with Crippen LogP contribution in [-0.2, 0) is 11.2 Å². The maximum Gasteiger partial charge on any atom is 0.338 e. The summed E-state index contributed by atoms with van der Waals surface area (Å²) in [6.07, 6.45) is 0.272. The molecule has 0 unspecified atom stereocenters.